The predicted octanol–water partition coefficient (Wildman–Crippen LogP) is 1.43. The third-order valence-electron chi connectivity index (χ3n) is 2.73. The van der Waals surface area contributed by atoms with Crippen molar-refractivity contribution in [3.05, 3.63) is 34.4 Å². The van der Waals surface area contributed by atoms with E-state index in [1.807, 2.05) is 19.1 Å². The van der Waals surface area contributed by atoms with Crippen LogP contribution in [0.3, 0.4) is 0 Å². The van der Waals surface area contributed by atoms with Gasteiger partial charge >= 0.3 is 0 Å². The minimum Gasteiger partial charge on any atom is -0.346 e. The van der Waals surface area contributed by atoms with Gasteiger partial charge in [-0.15, -0.1) is 0 Å². The molecule has 0 aliphatic rings. The van der Waals surface area contributed by atoms with Crippen LogP contribution in [0.1, 0.15) is 22.3 Å². The molecule has 0 aliphatic carbocycles. The molecule has 0 saturated heterocycles. The molecule has 0 bridgehead atoms. The first-order valence-electron chi connectivity index (χ1n) is 4.85. The van der Waals surface area contributed by atoms with E-state index in [9.17, 15) is 9.59 Å². The number of carbonyl (C=O) groups excluding carboxylic acids is 2. The van der Waals surface area contributed by atoms with Crippen LogP contribution in [0, 0.1) is 20.8 Å². The number of aldehydes is 1. The summed E-state index contributed by atoms with van der Waals surface area (Å²) < 4.78 is 0. The van der Waals surface area contributed by atoms with Crippen molar-refractivity contribution in [1.29, 1.82) is 0 Å². The van der Waals surface area contributed by atoms with Gasteiger partial charge in [0.15, 0.2) is 0 Å². The number of hydrogen-bond donors (Lipinski definition) is 1. The standard InChI is InChI=1S/C12H15NO2/c1-8-4-5-11(10(3)9(8)2)6-13-12(15)7-14/h4-5,7H,6H2,1-3H3,(H,13,15). The summed E-state index contributed by atoms with van der Waals surface area (Å²) >= 11 is 0. The van der Waals surface area contributed by atoms with Crippen molar-refractivity contribution >= 4 is 12.2 Å². The van der Waals surface area contributed by atoms with Crippen molar-refractivity contribution in [3.8, 4) is 0 Å². The normalized spacial score (nSPS) is 9.80. The average molecular weight is 205 g/mol. The van der Waals surface area contributed by atoms with Crippen molar-refractivity contribution in [2.24, 2.45) is 0 Å². The number of amides is 1. The lowest BCUT2D eigenvalue weighted by Gasteiger charge is -2.11. The van der Waals surface area contributed by atoms with E-state index in [4.69, 9.17) is 0 Å². The molecule has 0 heterocycles. The van der Waals surface area contributed by atoms with Crippen molar-refractivity contribution in [1.82, 2.24) is 5.32 Å². The third-order valence-corrected chi connectivity index (χ3v) is 2.73. The van der Waals surface area contributed by atoms with Crippen molar-refractivity contribution in [2.45, 2.75) is 27.3 Å². The molecule has 1 N–H and O–H groups in total. The summed E-state index contributed by atoms with van der Waals surface area (Å²) in [5, 5.41) is 2.53. The van der Waals surface area contributed by atoms with Gasteiger partial charge in [-0.1, -0.05) is 12.1 Å². The molecule has 0 unspecified atom stereocenters. The number of carbonyl (C=O) groups is 2. The van der Waals surface area contributed by atoms with Gasteiger partial charge in [0.1, 0.15) is 0 Å². The average Bonchev–Trinajstić information content (AvgIpc) is 2.24. The Morgan fingerprint density at radius 2 is 1.93 bits per heavy atom. The molecule has 0 fully saturated rings. The molecule has 3 heteroatoms. The second-order valence-corrected chi connectivity index (χ2v) is 3.63. The molecule has 1 rings (SSSR count). The summed E-state index contributed by atoms with van der Waals surface area (Å²) in [4.78, 5) is 20.9. The second kappa shape index (κ2) is 4.73. The number of rotatable bonds is 3. The molecule has 3 nitrogen and oxygen atoms in total. The Labute approximate surface area is 89.5 Å². The van der Waals surface area contributed by atoms with Gasteiger partial charge in [-0.2, -0.15) is 0 Å². The maximum Gasteiger partial charge on any atom is 0.284 e. The molecule has 0 saturated carbocycles. The summed E-state index contributed by atoms with van der Waals surface area (Å²) in [5.41, 5.74) is 4.68. The molecule has 15 heavy (non-hydrogen) atoms. The number of benzene rings is 1. The maximum atomic E-state index is 10.8. The first-order valence-corrected chi connectivity index (χ1v) is 4.85. The molecule has 0 spiro atoms. The highest BCUT2D eigenvalue weighted by molar-refractivity contribution is 6.23. The smallest absolute Gasteiger partial charge is 0.284 e. The van der Waals surface area contributed by atoms with Gasteiger partial charge < -0.3 is 5.32 Å². The van der Waals surface area contributed by atoms with Crippen LogP contribution in [0.15, 0.2) is 12.1 Å². The van der Waals surface area contributed by atoms with E-state index in [1.165, 1.54) is 16.7 Å². The summed E-state index contributed by atoms with van der Waals surface area (Å²) in [6, 6.07) is 3.99. The van der Waals surface area contributed by atoms with E-state index in [0.717, 1.165) is 5.56 Å². The Hall–Kier alpha value is -1.64. The molecule has 0 atom stereocenters. The van der Waals surface area contributed by atoms with Crippen LogP contribution in [0.25, 0.3) is 0 Å². The summed E-state index contributed by atoms with van der Waals surface area (Å²) in [6.45, 7) is 6.53. The van der Waals surface area contributed by atoms with E-state index < -0.39 is 5.91 Å². The molecule has 1 aromatic carbocycles. The van der Waals surface area contributed by atoms with Gasteiger partial charge in [0.05, 0.1) is 0 Å². The van der Waals surface area contributed by atoms with Crippen LogP contribution < -0.4 is 5.32 Å². The van der Waals surface area contributed by atoms with E-state index in [-0.39, 0.29) is 6.29 Å². The van der Waals surface area contributed by atoms with Gasteiger partial charge in [-0.25, -0.2) is 0 Å². The Balaban J connectivity index is 2.83. The van der Waals surface area contributed by atoms with Gasteiger partial charge in [0.25, 0.3) is 5.91 Å². The maximum absolute atomic E-state index is 10.8. The molecule has 0 aliphatic heterocycles. The van der Waals surface area contributed by atoms with Crippen LogP contribution in [0.2, 0.25) is 0 Å². The summed E-state index contributed by atoms with van der Waals surface area (Å²) in [6.07, 6.45) is 0.288. The topological polar surface area (TPSA) is 46.2 Å². The van der Waals surface area contributed by atoms with Gasteiger partial charge in [-0.3, -0.25) is 9.59 Å². The zero-order chi connectivity index (χ0) is 11.4. The highest BCUT2D eigenvalue weighted by Crippen LogP contribution is 2.16. The Morgan fingerprint density at radius 3 is 2.53 bits per heavy atom. The number of hydrogen-bond acceptors (Lipinski definition) is 2. The summed E-state index contributed by atoms with van der Waals surface area (Å²) in [5.74, 6) is -0.576. The SMILES string of the molecule is Cc1ccc(CNC(=O)C=O)c(C)c1C. The van der Waals surface area contributed by atoms with E-state index in [2.05, 4.69) is 19.2 Å². The van der Waals surface area contributed by atoms with Crippen molar-refractivity contribution in [2.75, 3.05) is 0 Å². The number of nitrogens with one attached hydrogen (secondary N) is 1. The van der Waals surface area contributed by atoms with Crippen molar-refractivity contribution < 1.29 is 9.59 Å². The lowest BCUT2D eigenvalue weighted by atomic mass is 9.99. The molecule has 0 radical (unpaired) electrons. The first kappa shape index (κ1) is 11.4. The van der Waals surface area contributed by atoms with E-state index in [1.54, 1.807) is 0 Å². The minimum atomic E-state index is -0.576. The van der Waals surface area contributed by atoms with Crippen LogP contribution in [-0.4, -0.2) is 12.2 Å². The highest BCUT2D eigenvalue weighted by atomic mass is 16.2. The van der Waals surface area contributed by atoms with E-state index >= 15 is 0 Å². The monoisotopic (exact) mass is 205 g/mol. The highest BCUT2D eigenvalue weighted by Gasteiger charge is 2.04. The fourth-order valence-corrected chi connectivity index (χ4v) is 1.43. The van der Waals surface area contributed by atoms with Crippen LogP contribution in [0.5, 0.6) is 0 Å². The fraction of sp³-hybridized carbons (Fsp3) is 0.333. The van der Waals surface area contributed by atoms with Crippen LogP contribution >= 0.6 is 0 Å². The Bertz CT molecular complexity index is 397. The molecular weight excluding hydrogens is 190 g/mol. The van der Waals surface area contributed by atoms with E-state index in [0.29, 0.717) is 6.54 Å². The lowest BCUT2D eigenvalue weighted by Crippen LogP contribution is -2.23. The minimum absolute atomic E-state index is 0.288. The predicted molar refractivity (Wildman–Crippen MR) is 58.6 cm³/mol. The van der Waals surface area contributed by atoms with Gasteiger partial charge in [0.2, 0.25) is 6.29 Å². The fourth-order valence-electron chi connectivity index (χ4n) is 1.43. The Morgan fingerprint density at radius 1 is 1.27 bits per heavy atom. The van der Waals surface area contributed by atoms with Gasteiger partial charge in [0, 0.05) is 6.54 Å². The quantitative estimate of drug-likeness (QED) is 0.599. The van der Waals surface area contributed by atoms with Crippen molar-refractivity contribution in [3.63, 3.8) is 0 Å². The first-order chi connectivity index (χ1) is 7.06. The lowest BCUT2D eigenvalue weighted by molar-refractivity contribution is -0.131. The zero-order valence-corrected chi connectivity index (χ0v) is 9.26. The molecule has 0 aromatic heterocycles. The van der Waals surface area contributed by atoms with Gasteiger partial charge in [-0.05, 0) is 43.0 Å². The molecule has 1 amide bonds. The third kappa shape index (κ3) is 2.65. The molecule has 80 valence electrons. The van der Waals surface area contributed by atoms with Crippen LogP contribution in [-0.2, 0) is 16.1 Å². The molecule has 1 aromatic rings. The summed E-state index contributed by atoms with van der Waals surface area (Å²) in [7, 11) is 0. The molecular formula is C12H15NO2. The zero-order valence-electron chi connectivity index (χ0n) is 9.26. The second-order valence-electron chi connectivity index (χ2n) is 3.63. The largest absolute Gasteiger partial charge is 0.346 e. The Kier molecular flexibility index (Phi) is 3.61. The van der Waals surface area contributed by atoms with Crippen LogP contribution in [0.4, 0.5) is 0 Å². The number of aryl methyl sites for hydroxylation is 1.